The molecule has 0 radical (unpaired) electrons. The summed E-state index contributed by atoms with van der Waals surface area (Å²) in [5.74, 6) is -0.287. The molecule has 0 unspecified atom stereocenters. The number of rotatable bonds is 2. The Morgan fingerprint density at radius 3 is 2.80 bits per heavy atom. The lowest BCUT2D eigenvalue weighted by Gasteiger charge is -1.95. The van der Waals surface area contributed by atoms with Gasteiger partial charge in [0.15, 0.2) is 0 Å². The standard InChI is InChI=1S/C7H3Cl2N3OS2/c8-3-1-4(15-5(3)9)6(13)11-7-12-10-2-14-7/h1-2H,(H,11,12,13). The summed E-state index contributed by atoms with van der Waals surface area (Å²) in [6.45, 7) is 0. The zero-order valence-electron chi connectivity index (χ0n) is 7.03. The molecular formula is C7H3Cl2N3OS2. The van der Waals surface area contributed by atoms with Crippen LogP contribution in [0.4, 0.5) is 5.13 Å². The number of carbonyl (C=O) groups is 1. The molecule has 1 amide bonds. The molecular weight excluding hydrogens is 277 g/mol. The molecule has 0 atom stereocenters. The second-order valence-electron chi connectivity index (χ2n) is 2.43. The molecule has 0 spiro atoms. The average Bonchev–Trinajstić information content (AvgIpc) is 2.78. The van der Waals surface area contributed by atoms with Crippen LogP contribution in [0.1, 0.15) is 9.67 Å². The van der Waals surface area contributed by atoms with E-state index in [1.807, 2.05) is 0 Å². The van der Waals surface area contributed by atoms with Crippen molar-refractivity contribution >= 4 is 56.9 Å². The number of hydrogen-bond donors (Lipinski definition) is 1. The van der Waals surface area contributed by atoms with E-state index in [9.17, 15) is 4.79 Å². The van der Waals surface area contributed by atoms with Crippen LogP contribution in [0.3, 0.4) is 0 Å². The lowest BCUT2D eigenvalue weighted by atomic mass is 10.4. The Labute approximate surface area is 103 Å². The van der Waals surface area contributed by atoms with Crippen LogP contribution < -0.4 is 5.32 Å². The van der Waals surface area contributed by atoms with E-state index in [0.29, 0.717) is 19.4 Å². The Bertz CT molecular complexity index is 463. The van der Waals surface area contributed by atoms with Gasteiger partial charge in [-0.15, -0.1) is 21.5 Å². The van der Waals surface area contributed by atoms with Crippen molar-refractivity contribution in [2.75, 3.05) is 5.32 Å². The van der Waals surface area contributed by atoms with E-state index < -0.39 is 0 Å². The van der Waals surface area contributed by atoms with Crippen LogP contribution in [-0.2, 0) is 0 Å². The van der Waals surface area contributed by atoms with Crippen LogP contribution >= 0.6 is 45.9 Å². The predicted octanol–water partition coefficient (Wildman–Crippen LogP) is 3.16. The molecule has 0 saturated carbocycles. The first kappa shape index (κ1) is 10.8. The Hall–Kier alpha value is -0.690. The van der Waals surface area contributed by atoms with Gasteiger partial charge in [0.2, 0.25) is 5.13 Å². The van der Waals surface area contributed by atoms with E-state index in [1.54, 1.807) is 0 Å². The van der Waals surface area contributed by atoms with Crippen molar-refractivity contribution in [3.63, 3.8) is 0 Å². The lowest BCUT2D eigenvalue weighted by Crippen LogP contribution is -2.09. The molecule has 0 aliphatic carbocycles. The van der Waals surface area contributed by atoms with Crippen LogP contribution in [0.2, 0.25) is 9.36 Å². The molecule has 4 nitrogen and oxygen atoms in total. The molecule has 0 aliphatic heterocycles. The maximum absolute atomic E-state index is 11.6. The number of amides is 1. The van der Waals surface area contributed by atoms with Crippen LogP contribution in [0.15, 0.2) is 11.6 Å². The minimum Gasteiger partial charge on any atom is -0.296 e. The number of nitrogens with one attached hydrogen (secondary N) is 1. The third-order valence-electron chi connectivity index (χ3n) is 1.45. The summed E-state index contributed by atoms with van der Waals surface area (Å²) in [7, 11) is 0. The molecule has 2 aromatic rings. The van der Waals surface area contributed by atoms with Gasteiger partial charge in [-0.25, -0.2) is 0 Å². The summed E-state index contributed by atoms with van der Waals surface area (Å²) in [4.78, 5) is 12.0. The van der Waals surface area contributed by atoms with E-state index >= 15 is 0 Å². The summed E-state index contributed by atoms with van der Waals surface area (Å²) in [6.07, 6.45) is 0. The number of aromatic nitrogens is 2. The van der Waals surface area contributed by atoms with Crippen molar-refractivity contribution in [3.05, 3.63) is 25.8 Å². The van der Waals surface area contributed by atoms with E-state index in [4.69, 9.17) is 23.2 Å². The average molecular weight is 280 g/mol. The van der Waals surface area contributed by atoms with Crippen LogP contribution in [0.5, 0.6) is 0 Å². The fraction of sp³-hybridized carbons (Fsp3) is 0. The summed E-state index contributed by atoms with van der Waals surface area (Å²) >= 11 is 13.8. The Morgan fingerprint density at radius 2 is 2.27 bits per heavy atom. The molecule has 2 rings (SSSR count). The smallest absolute Gasteiger partial charge is 0.267 e. The first-order valence-corrected chi connectivity index (χ1v) is 6.14. The molecule has 15 heavy (non-hydrogen) atoms. The Morgan fingerprint density at radius 1 is 1.47 bits per heavy atom. The molecule has 8 heteroatoms. The highest BCUT2D eigenvalue weighted by Crippen LogP contribution is 2.31. The van der Waals surface area contributed by atoms with Gasteiger partial charge >= 0.3 is 0 Å². The number of thiophene rings is 1. The molecule has 0 fully saturated rings. The lowest BCUT2D eigenvalue weighted by molar-refractivity contribution is 0.103. The van der Waals surface area contributed by atoms with Gasteiger partial charge in [-0.3, -0.25) is 10.1 Å². The van der Waals surface area contributed by atoms with Crippen LogP contribution in [-0.4, -0.2) is 16.1 Å². The van der Waals surface area contributed by atoms with Crippen molar-refractivity contribution in [2.24, 2.45) is 0 Å². The Kier molecular flexibility index (Phi) is 3.20. The molecule has 0 saturated heterocycles. The third-order valence-corrected chi connectivity index (χ3v) is 3.92. The van der Waals surface area contributed by atoms with Gasteiger partial charge in [0.1, 0.15) is 9.85 Å². The third kappa shape index (κ3) is 2.46. The SMILES string of the molecule is O=C(Nc1nncs1)c1cc(Cl)c(Cl)s1. The van der Waals surface area contributed by atoms with Crippen LogP contribution in [0.25, 0.3) is 0 Å². The number of carbonyl (C=O) groups excluding carboxylic acids is 1. The number of hydrogen-bond acceptors (Lipinski definition) is 5. The zero-order chi connectivity index (χ0) is 10.8. The molecule has 78 valence electrons. The fourth-order valence-electron chi connectivity index (χ4n) is 0.845. The van der Waals surface area contributed by atoms with E-state index in [-0.39, 0.29) is 5.91 Å². The van der Waals surface area contributed by atoms with Gasteiger partial charge in [-0.1, -0.05) is 34.5 Å². The highest BCUT2D eigenvalue weighted by atomic mass is 35.5. The largest absolute Gasteiger partial charge is 0.296 e. The van der Waals surface area contributed by atoms with E-state index in [0.717, 1.165) is 11.3 Å². The van der Waals surface area contributed by atoms with E-state index in [2.05, 4.69) is 15.5 Å². The minimum atomic E-state index is -0.287. The van der Waals surface area contributed by atoms with Gasteiger partial charge in [0.25, 0.3) is 5.91 Å². The highest BCUT2D eigenvalue weighted by molar-refractivity contribution is 7.19. The molecule has 1 N–H and O–H groups in total. The van der Waals surface area contributed by atoms with Crippen molar-refractivity contribution in [3.8, 4) is 0 Å². The first-order valence-electron chi connectivity index (χ1n) is 3.69. The van der Waals surface area contributed by atoms with Crippen molar-refractivity contribution in [1.82, 2.24) is 10.2 Å². The normalized spacial score (nSPS) is 10.3. The molecule has 0 bridgehead atoms. The summed E-state index contributed by atoms with van der Waals surface area (Å²) in [5.41, 5.74) is 1.53. The first-order chi connectivity index (χ1) is 7.16. The van der Waals surface area contributed by atoms with Gasteiger partial charge in [-0.05, 0) is 6.07 Å². The van der Waals surface area contributed by atoms with Crippen molar-refractivity contribution in [2.45, 2.75) is 0 Å². The van der Waals surface area contributed by atoms with Crippen molar-refractivity contribution in [1.29, 1.82) is 0 Å². The van der Waals surface area contributed by atoms with Gasteiger partial charge in [0.05, 0.1) is 9.90 Å². The minimum absolute atomic E-state index is 0.287. The van der Waals surface area contributed by atoms with E-state index in [1.165, 1.54) is 22.9 Å². The molecule has 2 heterocycles. The monoisotopic (exact) mass is 279 g/mol. The Balaban J connectivity index is 2.15. The zero-order valence-corrected chi connectivity index (χ0v) is 10.2. The summed E-state index contributed by atoms with van der Waals surface area (Å²) in [5, 5.41) is 10.7. The number of anilines is 1. The fourth-order valence-corrected chi connectivity index (χ4v) is 2.55. The van der Waals surface area contributed by atoms with Crippen molar-refractivity contribution < 1.29 is 4.79 Å². The van der Waals surface area contributed by atoms with Gasteiger partial charge in [-0.2, -0.15) is 0 Å². The molecule has 0 aliphatic rings. The second kappa shape index (κ2) is 4.44. The topological polar surface area (TPSA) is 54.9 Å². The van der Waals surface area contributed by atoms with Crippen LogP contribution in [0, 0.1) is 0 Å². The van der Waals surface area contributed by atoms with Gasteiger partial charge < -0.3 is 0 Å². The maximum atomic E-state index is 11.6. The second-order valence-corrected chi connectivity index (χ2v) is 5.32. The number of halogens is 2. The maximum Gasteiger partial charge on any atom is 0.267 e. The predicted molar refractivity (Wildman–Crippen MR) is 62.2 cm³/mol. The highest BCUT2D eigenvalue weighted by Gasteiger charge is 2.13. The number of nitrogens with zero attached hydrogens (tertiary/aromatic N) is 2. The molecule has 0 aromatic carbocycles. The summed E-state index contributed by atoms with van der Waals surface area (Å²) < 4.78 is 0.402. The quantitative estimate of drug-likeness (QED) is 0.919. The van der Waals surface area contributed by atoms with Gasteiger partial charge in [0, 0.05) is 0 Å². The summed E-state index contributed by atoms with van der Waals surface area (Å²) in [6, 6.07) is 1.52. The molecule has 2 aromatic heterocycles.